The topological polar surface area (TPSA) is 67.4 Å². The molecule has 0 radical (unpaired) electrons. The molecule has 1 aromatic rings. The van der Waals surface area contributed by atoms with Crippen molar-refractivity contribution in [3.8, 4) is 0 Å². The van der Waals surface area contributed by atoms with E-state index in [4.69, 9.17) is 16.3 Å². The van der Waals surface area contributed by atoms with Crippen molar-refractivity contribution in [2.24, 2.45) is 0 Å². The highest BCUT2D eigenvalue weighted by Gasteiger charge is 2.31. The lowest BCUT2D eigenvalue weighted by Crippen LogP contribution is -2.50. The lowest BCUT2D eigenvalue weighted by atomic mass is 10.0. The smallest absolute Gasteiger partial charge is 0.337 e. The first-order valence-corrected chi connectivity index (χ1v) is 8.78. The second-order valence-electron chi connectivity index (χ2n) is 4.89. The molecule has 0 fully saturated rings. The van der Waals surface area contributed by atoms with Crippen molar-refractivity contribution in [1.29, 1.82) is 0 Å². The molecule has 124 valence electrons. The van der Waals surface area contributed by atoms with Gasteiger partial charge in [0.1, 0.15) is 0 Å². The fourth-order valence-corrected chi connectivity index (χ4v) is 3.49. The lowest BCUT2D eigenvalue weighted by molar-refractivity contribution is -0.139. The van der Waals surface area contributed by atoms with E-state index in [0.29, 0.717) is 28.5 Å². The Bertz CT molecular complexity index is 634. The molecular formula is C16H19ClN2O3S. The van der Waals surface area contributed by atoms with E-state index in [2.05, 4.69) is 10.6 Å². The van der Waals surface area contributed by atoms with Crippen LogP contribution in [-0.2, 0) is 9.53 Å². The van der Waals surface area contributed by atoms with Crippen LogP contribution in [0.25, 0.3) is 0 Å². The Morgan fingerprint density at radius 2 is 2.09 bits per heavy atom. The summed E-state index contributed by atoms with van der Waals surface area (Å²) in [7, 11) is 0. The second-order valence-corrected chi connectivity index (χ2v) is 6.32. The Labute approximate surface area is 144 Å². The third kappa shape index (κ3) is 4.42. The quantitative estimate of drug-likeness (QED) is 0.607. The van der Waals surface area contributed by atoms with Gasteiger partial charge in [-0.25, -0.2) is 9.59 Å². The molecular weight excluding hydrogens is 336 g/mol. The van der Waals surface area contributed by atoms with E-state index in [1.165, 1.54) is 11.8 Å². The number of amides is 2. The minimum Gasteiger partial charge on any atom is -0.463 e. The molecule has 0 saturated heterocycles. The molecule has 1 aliphatic rings. The maximum atomic E-state index is 12.3. The molecule has 0 spiro atoms. The van der Waals surface area contributed by atoms with Crippen molar-refractivity contribution < 1.29 is 14.3 Å². The van der Waals surface area contributed by atoms with Gasteiger partial charge >= 0.3 is 12.0 Å². The zero-order valence-corrected chi connectivity index (χ0v) is 14.6. The van der Waals surface area contributed by atoms with Gasteiger partial charge in [-0.2, -0.15) is 0 Å². The fourth-order valence-electron chi connectivity index (χ4n) is 2.29. The third-order valence-electron chi connectivity index (χ3n) is 3.36. The van der Waals surface area contributed by atoms with Gasteiger partial charge in [-0.3, -0.25) is 0 Å². The molecule has 5 nitrogen and oxygen atoms in total. The number of urea groups is 1. The van der Waals surface area contributed by atoms with Gasteiger partial charge in [0.25, 0.3) is 0 Å². The van der Waals surface area contributed by atoms with Crippen molar-refractivity contribution in [2.75, 3.05) is 12.4 Å². The van der Waals surface area contributed by atoms with Crippen LogP contribution in [-0.4, -0.2) is 30.4 Å². The Kier molecular flexibility index (Phi) is 6.36. The van der Waals surface area contributed by atoms with Crippen molar-refractivity contribution in [2.45, 2.75) is 31.2 Å². The van der Waals surface area contributed by atoms with Crippen LogP contribution in [0.15, 0.2) is 40.4 Å². The van der Waals surface area contributed by atoms with Crippen LogP contribution in [0.2, 0.25) is 5.02 Å². The number of carbonyl (C=O) groups is 2. The monoisotopic (exact) mass is 354 g/mol. The van der Waals surface area contributed by atoms with Gasteiger partial charge in [-0.15, -0.1) is 11.8 Å². The molecule has 1 aliphatic heterocycles. The summed E-state index contributed by atoms with van der Waals surface area (Å²) in [5, 5.41) is 6.12. The van der Waals surface area contributed by atoms with Gasteiger partial charge in [0.15, 0.2) is 0 Å². The number of ether oxygens (including phenoxy) is 1. The predicted octanol–water partition coefficient (Wildman–Crippen LogP) is 3.34. The molecule has 1 aromatic carbocycles. The summed E-state index contributed by atoms with van der Waals surface area (Å²) in [4.78, 5) is 25.0. The number of halogens is 1. The normalized spacial score (nSPS) is 17.5. The number of hydrogen-bond acceptors (Lipinski definition) is 4. The summed E-state index contributed by atoms with van der Waals surface area (Å²) in [6, 6.07) is 6.81. The Balaban J connectivity index is 2.26. The molecule has 1 heterocycles. The number of benzene rings is 1. The van der Waals surface area contributed by atoms with Gasteiger partial charge in [0.2, 0.25) is 0 Å². The first-order chi connectivity index (χ1) is 11.1. The molecule has 0 aliphatic carbocycles. The molecule has 23 heavy (non-hydrogen) atoms. The highest BCUT2D eigenvalue weighted by atomic mass is 35.5. The fraction of sp³-hybridized carbons (Fsp3) is 0.375. The standard InChI is InChI=1S/C16H19ClN2O3S/c1-3-11-14(15(20)22-4-2)12(19-16(21)18-11)9-23-13-8-6-5-7-10(13)17/h5-8,11H,3-4,9H2,1-2H3,(H2,18,19,21)/t11-/m0/s1. The highest BCUT2D eigenvalue weighted by molar-refractivity contribution is 7.99. The van der Waals surface area contributed by atoms with E-state index in [1.807, 2.05) is 25.1 Å². The maximum absolute atomic E-state index is 12.3. The summed E-state index contributed by atoms with van der Waals surface area (Å²) < 4.78 is 5.13. The number of nitrogens with one attached hydrogen (secondary N) is 2. The molecule has 1 atom stereocenters. The molecule has 0 unspecified atom stereocenters. The summed E-state index contributed by atoms with van der Waals surface area (Å²) >= 11 is 7.61. The van der Waals surface area contributed by atoms with Crippen LogP contribution in [0.1, 0.15) is 20.3 Å². The lowest BCUT2D eigenvalue weighted by Gasteiger charge is -2.28. The van der Waals surface area contributed by atoms with Crippen LogP contribution in [0.3, 0.4) is 0 Å². The van der Waals surface area contributed by atoms with E-state index < -0.39 is 5.97 Å². The van der Waals surface area contributed by atoms with Gasteiger partial charge in [0, 0.05) is 16.3 Å². The van der Waals surface area contributed by atoms with Crippen molar-refractivity contribution in [1.82, 2.24) is 10.6 Å². The summed E-state index contributed by atoms with van der Waals surface area (Å²) in [5.74, 6) is 0.0311. The molecule has 2 N–H and O–H groups in total. The predicted molar refractivity (Wildman–Crippen MR) is 91.6 cm³/mol. The maximum Gasteiger partial charge on any atom is 0.337 e. The zero-order chi connectivity index (χ0) is 16.8. The summed E-state index contributed by atoms with van der Waals surface area (Å²) in [6.45, 7) is 3.96. The molecule has 2 amide bonds. The van der Waals surface area contributed by atoms with Gasteiger partial charge in [0.05, 0.1) is 23.2 Å². The number of thioether (sulfide) groups is 1. The van der Waals surface area contributed by atoms with E-state index in [-0.39, 0.29) is 18.7 Å². The summed E-state index contributed by atoms with van der Waals surface area (Å²) in [6.07, 6.45) is 0.613. The van der Waals surface area contributed by atoms with Crippen LogP contribution in [0.5, 0.6) is 0 Å². The molecule has 2 rings (SSSR count). The van der Waals surface area contributed by atoms with Crippen LogP contribution in [0.4, 0.5) is 4.79 Å². The van der Waals surface area contributed by atoms with Crippen LogP contribution < -0.4 is 10.6 Å². The van der Waals surface area contributed by atoms with Gasteiger partial charge < -0.3 is 15.4 Å². The number of carbonyl (C=O) groups excluding carboxylic acids is 2. The number of esters is 1. The molecule has 0 aromatic heterocycles. The molecule has 0 saturated carbocycles. The highest BCUT2D eigenvalue weighted by Crippen LogP contribution is 2.29. The van der Waals surface area contributed by atoms with E-state index >= 15 is 0 Å². The number of hydrogen-bond donors (Lipinski definition) is 2. The molecule has 0 bridgehead atoms. The van der Waals surface area contributed by atoms with E-state index in [0.717, 1.165) is 4.90 Å². The Morgan fingerprint density at radius 3 is 2.74 bits per heavy atom. The average Bonchev–Trinajstić information content (AvgIpc) is 2.53. The van der Waals surface area contributed by atoms with Crippen molar-refractivity contribution in [3.63, 3.8) is 0 Å². The second kappa shape index (κ2) is 8.26. The van der Waals surface area contributed by atoms with Crippen molar-refractivity contribution >= 4 is 35.4 Å². The van der Waals surface area contributed by atoms with E-state index in [1.54, 1.807) is 13.0 Å². The SMILES string of the molecule is CCOC(=O)C1=C(CSc2ccccc2Cl)NC(=O)N[C@H]1CC. The van der Waals surface area contributed by atoms with Crippen LogP contribution >= 0.6 is 23.4 Å². The van der Waals surface area contributed by atoms with E-state index in [9.17, 15) is 9.59 Å². The minimum absolute atomic E-state index is 0.289. The largest absolute Gasteiger partial charge is 0.463 e. The number of rotatable bonds is 6. The third-order valence-corrected chi connectivity index (χ3v) is 4.90. The average molecular weight is 355 g/mol. The van der Waals surface area contributed by atoms with Crippen molar-refractivity contribution in [3.05, 3.63) is 40.6 Å². The zero-order valence-electron chi connectivity index (χ0n) is 13.0. The Morgan fingerprint density at radius 1 is 1.35 bits per heavy atom. The summed E-state index contributed by atoms with van der Waals surface area (Å²) in [5.41, 5.74) is 1.05. The van der Waals surface area contributed by atoms with Crippen LogP contribution in [0, 0.1) is 0 Å². The van der Waals surface area contributed by atoms with Gasteiger partial charge in [-0.1, -0.05) is 30.7 Å². The first kappa shape index (κ1) is 17.7. The minimum atomic E-state index is -0.401. The molecule has 7 heteroatoms. The van der Waals surface area contributed by atoms with Gasteiger partial charge in [-0.05, 0) is 25.5 Å². The Hall–Kier alpha value is -1.66. The first-order valence-electron chi connectivity index (χ1n) is 7.41.